The smallest absolute Gasteiger partial charge is 0.265 e. The van der Waals surface area contributed by atoms with Gasteiger partial charge in [-0.05, 0) is 17.9 Å². The molecule has 0 radical (unpaired) electrons. The van der Waals surface area contributed by atoms with Crippen molar-refractivity contribution in [1.82, 2.24) is 5.32 Å². The van der Waals surface area contributed by atoms with E-state index in [4.69, 9.17) is 9.84 Å². The molecule has 0 saturated carbocycles. The van der Waals surface area contributed by atoms with E-state index in [1.165, 1.54) is 18.4 Å². The quantitative estimate of drug-likeness (QED) is 0.799. The minimum atomic E-state index is -0.192. The molecule has 4 nitrogen and oxygen atoms in total. The molecule has 1 heterocycles. The minimum Gasteiger partial charge on any atom is -0.495 e. The Labute approximate surface area is 92.9 Å². The zero-order chi connectivity index (χ0) is 11.3. The zero-order valence-corrected chi connectivity index (χ0v) is 9.63. The van der Waals surface area contributed by atoms with Crippen molar-refractivity contribution in [3.63, 3.8) is 0 Å². The second-order valence-electron chi connectivity index (χ2n) is 3.08. The van der Waals surface area contributed by atoms with Crippen molar-refractivity contribution in [1.29, 1.82) is 0 Å². The first-order chi connectivity index (χ1) is 7.22. The summed E-state index contributed by atoms with van der Waals surface area (Å²) in [5.74, 6) is 0.382. The van der Waals surface area contributed by atoms with E-state index in [2.05, 4.69) is 5.32 Å². The highest BCUT2D eigenvalue weighted by molar-refractivity contribution is 7.12. The van der Waals surface area contributed by atoms with Gasteiger partial charge in [-0.2, -0.15) is 0 Å². The summed E-state index contributed by atoms with van der Waals surface area (Å²) >= 11 is 1.33. The molecule has 0 bridgehead atoms. The van der Waals surface area contributed by atoms with E-state index in [1.807, 2.05) is 6.92 Å². The first-order valence-corrected chi connectivity index (χ1v) is 5.64. The maximum absolute atomic E-state index is 11.7. The van der Waals surface area contributed by atoms with Crippen molar-refractivity contribution in [3.05, 3.63) is 16.3 Å². The third-order valence-corrected chi connectivity index (χ3v) is 3.00. The van der Waals surface area contributed by atoms with Crippen molar-refractivity contribution in [2.24, 2.45) is 0 Å². The summed E-state index contributed by atoms with van der Waals surface area (Å²) in [6.45, 7) is 1.86. The molecule has 1 aromatic rings. The molecule has 0 saturated heterocycles. The lowest BCUT2D eigenvalue weighted by Crippen LogP contribution is -2.36. The highest BCUT2D eigenvalue weighted by Crippen LogP contribution is 2.24. The second-order valence-corrected chi connectivity index (χ2v) is 4.00. The van der Waals surface area contributed by atoms with Crippen LogP contribution in [-0.2, 0) is 0 Å². The Balaban J connectivity index is 2.68. The van der Waals surface area contributed by atoms with Crippen LogP contribution in [0.5, 0.6) is 5.75 Å². The van der Waals surface area contributed by atoms with Gasteiger partial charge in [0.15, 0.2) is 0 Å². The Bertz CT molecular complexity index is 320. The number of carbonyl (C=O) groups is 1. The van der Waals surface area contributed by atoms with Crippen LogP contribution in [0.3, 0.4) is 0 Å². The summed E-state index contributed by atoms with van der Waals surface area (Å²) in [6.07, 6.45) is 0.704. The van der Waals surface area contributed by atoms with Crippen LogP contribution in [0.4, 0.5) is 0 Å². The van der Waals surface area contributed by atoms with Gasteiger partial charge in [0.05, 0.1) is 19.8 Å². The van der Waals surface area contributed by atoms with Gasteiger partial charge in [-0.3, -0.25) is 4.79 Å². The predicted octanol–water partition coefficient (Wildman–Crippen LogP) is 1.26. The van der Waals surface area contributed by atoms with Gasteiger partial charge in [0.2, 0.25) is 0 Å². The molecule has 0 aliphatic carbocycles. The molecule has 2 N–H and O–H groups in total. The fourth-order valence-corrected chi connectivity index (χ4v) is 1.91. The molecule has 0 fully saturated rings. The van der Waals surface area contributed by atoms with Gasteiger partial charge >= 0.3 is 0 Å². The Morgan fingerprint density at radius 1 is 1.73 bits per heavy atom. The average molecular weight is 229 g/mol. The van der Waals surface area contributed by atoms with Gasteiger partial charge in [0.25, 0.3) is 5.91 Å². The molecule has 0 aliphatic rings. The molecule has 1 amide bonds. The van der Waals surface area contributed by atoms with Crippen LogP contribution in [-0.4, -0.2) is 30.8 Å². The van der Waals surface area contributed by atoms with Gasteiger partial charge < -0.3 is 15.2 Å². The topological polar surface area (TPSA) is 58.6 Å². The summed E-state index contributed by atoms with van der Waals surface area (Å²) in [5.41, 5.74) is 0. The zero-order valence-electron chi connectivity index (χ0n) is 8.82. The fraction of sp³-hybridized carbons (Fsp3) is 0.500. The van der Waals surface area contributed by atoms with Crippen LogP contribution in [0.15, 0.2) is 11.4 Å². The SMILES string of the molecule is CC[C@@H](CO)NC(=O)c1sccc1OC. The Hall–Kier alpha value is -1.07. The number of ether oxygens (including phenoxy) is 1. The summed E-state index contributed by atoms with van der Waals surface area (Å²) in [5, 5.41) is 13.5. The summed E-state index contributed by atoms with van der Waals surface area (Å²) in [7, 11) is 1.53. The van der Waals surface area contributed by atoms with E-state index in [0.717, 1.165) is 0 Å². The molecular weight excluding hydrogens is 214 g/mol. The number of aliphatic hydroxyl groups is 1. The molecule has 0 aliphatic heterocycles. The predicted molar refractivity (Wildman–Crippen MR) is 59.5 cm³/mol. The number of hydrogen-bond donors (Lipinski definition) is 2. The van der Waals surface area contributed by atoms with Gasteiger partial charge in [-0.25, -0.2) is 0 Å². The molecule has 0 spiro atoms. The highest BCUT2D eigenvalue weighted by Gasteiger charge is 2.16. The minimum absolute atomic E-state index is 0.0457. The first kappa shape index (κ1) is 12.0. The monoisotopic (exact) mass is 229 g/mol. The van der Waals surface area contributed by atoms with E-state index in [-0.39, 0.29) is 18.6 Å². The van der Waals surface area contributed by atoms with Crippen molar-refractivity contribution in [2.45, 2.75) is 19.4 Å². The van der Waals surface area contributed by atoms with E-state index >= 15 is 0 Å². The lowest BCUT2D eigenvalue weighted by molar-refractivity contribution is 0.0916. The average Bonchev–Trinajstić information content (AvgIpc) is 2.73. The van der Waals surface area contributed by atoms with Crippen LogP contribution >= 0.6 is 11.3 Å². The molecular formula is C10H15NO3S. The Kier molecular flexibility index (Phi) is 4.58. The molecule has 1 atom stereocenters. The molecule has 15 heavy (non-hydrogen) atoms. The van der Waals surface area contributed by atoms with Gasteiger partial charge in [0, 0.05) is 0 Å². The molecule has 0 unspecified atom stereocenters. The number of nitrogens with one attached hydrogen (secondary N) is 1. The fourth-order valence-electron chi connectivity index (χ4n) is 1.15. The van der Waals surface area contributed by atoms with Crippen LogP contribution in [0.2, 0.25) is 0 Å². The molecule has 84 valence electrons. The first-order valence-electron chi connectivity index (χ1n) is 4.76. The van der Waals surface area contributed by atoms with Crippen LogP contribution in [0.25, 0.3) is 0 Å². The van der Waals surface area contributed by atoms with Crippen molar-refractivity contribution < 1.29 is 14.6 Å². The number of aliphatic hydroxyl groups excluding tert-OH is 1. The van der Waals surface area contributed by atoms with Crippen molar-refractivity contribution >= 4 is 17.2 Å². The van der Waals surface area contributed by atoms with Crippen LogP contribution in [0.1, 0.15) is 23.0 Å². The van der Waals surface area contributed by atoms with E-state index in [1.54, 1.807) is 11.4 Å². The van der Waals surface area contributed by atoms with Crippen molar-refractivity contribution in [2.75, 3.05) is 13.7 Å². The van der Waals surface area contributed by atoms with Crippen molar-refractivity contribution in [3.8, 4) is 5.75 Å². The number of hydrogen-bond acceptors (Lipinski definition) is 4. The van der Waals surface area contributed by atoms with E-state index < -0.39 is 0 Å². The number of amides is 1. The largest absolute Gasteiger partial charge is 0.495 e. The Morgan fingerprint density at radius 3 is 3.00 bits per heavy atom. The normalized spacial score (nSPS) is 12.2. The standard InChI is InChI=1S/C10H15NO3S/c1-3-7(6-12)11-10(13)9-8(14-2)4-5-15-9/h4-5,7,12H,3,6H2,1-2H3,(H,11,13)/t7-/m0/s1. The molecule has 5 heteroatoms. The molecule has 1 aromatic heterocycles. The third kappa shape index (κ3) is 2.94. The molecule has 0 aromatic carbocycles. The molecule has 1 rings (SSSR count). The highest BCUT2D eigenvalue weighted by atomic mass is 32.1. The summed E-state index contributed by atoms with van der Waals surface area (Å²) in [4.78, 5) is 12.3. The summed E-state index contributed by atoms with van der Waals surface area (Å²) < 4.78 is 5.04. The lowest BCUT2D eigenvalue weighted by atomic mass is 10.2. The second kappa shape index (κ2) is 5.72. The third-order valence-electron chi connectivity index (χ3n) is 2.10. The summed E-state index contributed by atoms with van der Waals surface area (Å²) in [6, 6.07) is 1.56. The maximum Gasteiger partial charge on any atom is 0.265 e. The maximum atomic E-state index is 11.7. The lowest BCUT2D eigenvalue weighted by Gasteiger charge is -2.13. The van der Waals surface area contributed by atoms with Gasteiger partial charge in [0.1, 0.15) is 10.6 Å². The van der Waals surface area contributed by atoms with Gasteiger partial charge in [-0.1, -0.05) is 6.92 Å². The number of thiophene rings is 1. The Morgan fingerprint density at radius 2 is 2.47 bits per heavy atom. The van der Waals surface area contributed by atoms with E-state index in [0.29, 0.717) is 17.0 Å². The van der Waals surface area contributed by atoms with Gasteiger partial charge in [-0.15, -0.1) is 11.3 Å². The number of rotatable bonds is 5. The number of carbonyl (C=O) groups excluding carboxylic acids is 1. The van der Waals surface area contributed by atoms with Crippen LogP contribution < -0.4 is 10.1 Å². The van der Waals surface area contributed by atoms with Crippen LogP contribution in [0, 0.1) is 0 Å². The van der Waals surface area contributed by atoms with E-state index in [9.17, 15) is 4.79 Å². The number of methoxy groups -OCH3 is 1.